The molecular formula is C15H21N3O2. The van der Waals surface area contributed by atoms with E-state index in [1.807, 2.05) is 45.0 Å². The molecule has 2 rings (SSSR count). The number of anilines is 1. The van der Waals surface area contributed by atoms with Crippen molar-refractivity contribution in [3.8, 4) is 0 Å². The molecule has 0 aliphatic rings. The molecule has 0 radical (unpaired) electrons. The fraction of sp³-hybridized carbons (Fsp3) is 0.467. The second kappa shape index (κ2) is 6.05. The minimum Gasteiger partial charge on any atom is -0.399 e. The van der Waals surface area contributed by atoms with Gasteiger partial charge in [-0.1, -0.05) is 17.3 Å². The first-order valence-electron chi connectivity index (χ1n) is 6.82. The number of ether oxygens (including phenoxy) is 1. The lowest BCUT2D eigenvalue weighted by molar-refractivity contribution is -0.0221. The van der Waals surface area contributed by atoms with E-state index in [1.165, 1.54) is 5.56 Å². The Balaban J connectivity index is 1.97. The molecule has 20 heavy (non-hydrogen) atoms. The maximum atomic E-state index is 5.66. The van der Waals surface area contributed by atoms with Crippen molar-refractivity contribution in [3.05, 3.63) is 41.5 Å². The number of rotatable bonds is 6. The summed E-state index contributed by atoms with van der Waals surface area (Å²) in [5.74, 6) is 1.22. The third kappa shape index (κ3) is 3.57. The van der Waals surface area contributed by atoms with Gasteiger partial charge in [0.05, 0.1) is 0 Å². The Bertz CT molecular complexity index is 547. The molecule has 0 saturated carbocycles. The highest BCUT2D eigenvalue weighted by atomic mass is 16.5. The summed E-state index contributed by atoms with van der Waals surface area (Å²) in [6, 6.07) is 7.81. The molecular weight excluding hydrogens is 254 g/mol. The predicted octanol–water partition coefficient (Wildman–Crippen LogP) is 2.71. The normalized spacial score (nSPS) is 11.8. The van der Waals surface area contributed by atoms with Gasteiger partial charge in [-0.2, -0.15) is 4.98 Å². The van der Waals surface area contributed by atoms with Gasteiger partial charge in [0.25, 0.3) is 0 Å². The van der Waals surface area contributed by atoms with Gasteiger partial charge in [-0.25, -0.2) is 0 Å². The first-order chi connectivity index (χ1) is 9.51. The smallest absolute Gasteiger partial charge is 0.227 e. The molecule has 5 heteroatoms. The van der Waals surface area contributed by atoms with Crippen LogP contribution in [0.5, 0.6) is 0 Å². The van der Waals surface area contributed by atoms with Crippen molar-refractivity contribution in [1.82, 2.24) is 10.1 Å². The highest BCUT2D eigenvalue weighted by Gasteiger charge is 2.26. The van der Waals surface area contributed by atoms with Crippen molar-refractivity contribution in [3.63, 3.8) is 0 Å². The van der Waals surface area contributed by atoms with Gasteiger partial charge in [-0.3, -0.25) is 0 Å². The molecule has 2 aromatic rings. The number of aryl methyl sites for hydroxylation is 2. The van der Waals surface area contributed by atoms with Gasteiger partial charge in [-0.05, 0) is 44.9 Å². The van der Waals surface area contributed by atoms with Crippen LogP contribution < -0.4 is 5.73 Å². The molecule has 1 aromatic heterocycles. The lowest BCUT2D eigenvalue weighted by Gasteiger charge is -2.19. The van der Waals surface area contributed by atoms with E-state index < -0.39 is 5.60 Å². The fourth-order valence-electron chi connectivity index (χ4n) is 1.96. The molecule has 108 valence electrons. The molecule has 0 aliphatic carbocycles. The SMILES string of the molecule is CCOC(C)(C)c1noc(CCc2ccc(N)cc2)n1. The number of nitrogens with two attached hydrogens (primary N) is 1. The molecule has 0 atom stereocenters. The van der Waals surface area contributed by atoms with Crippen molar-refractivity contribution in [2.45, 2.75) is 39.2 Å². The summed E-state index contributed by atoms with van der Waals surface area (Å²) in [6.45, 7) is 6.43. The Morgan fingerprint density at radius 1 is 1.20 bits per heavy atom. The monoisotopic (exact) mass is 275 g/mol. The lowest BCUT2D eigenvalue weighted by atomic mass is 10.1. The average Bonchev–Trinajstić information content (AvgIpc) is 2.88. The van der Waals surface area contributed by atoms with Crippen molar-refractivity contribution in [2.75, 3.05) is 12.3 Å². The number of hydrogen-bond acceptors (Lipinski definition) is 5. The fourth-order valence-corrected chi connectivity index (χ4v) is 1.96. The summed E-state index contributed by atoms with van der Waals surface area (Å²) >= 11 is 0. The number of aromatic nitrogens is 2. The zero-order valence-corrected chi connectivity index (χ0v) is 12.2. The molecule has 1 aromatic carbocycles. The highest BCUT2D eigenvalue weighted by molar-refractivity contribution is 5.39. The van der Waals surface area contributed by atoms with Crippen LogP contribution in [-0.4, -0.2) is 16.7 Å². The largest absolute Gasteiger partial charge is 0.399 e. The van der Waals surface area contributed by atoms with Crippen molar-refractivity contribution in [2.24, 2.45) is 0 Å². The van der Waals surface area contributed by atoms with Crippen molar-refractivity contribution < 1.29 is 9.26 Å². The molecule has 0 saturated heterocycles. The van der Waals surface area contributed by atoms with Crippen LogP contribution in [0.15, 0.2) is 28.8 Å². The van der Waals surface area contributed by atoms with Crippen LogP contribution in [0.4, 0.5) is 5.69 Å². The summed E-state index contributed by atoms with van der Waals surface area (Å²) in [5, 5.41) is 4.00. The van der Waals surface area contributed by atoms with E-state index in [1.54, 1.807) is 0 Å². The van der Waals surface area contributed by atoms with Crippen LogP contribution >= 0.6 is 0 Å². The van der Waals surface area contributed by atoms with Gasteiger partial charge in [0.1, 0.15) is 5.60 Å². The topological polar surface area (TPSA) is 74.2 Å². The zero-order chi connectivity index (χ0) is 14.6. The van der Waals surface area contributed by atoms with Gasteiger partial charge in [-0.15, -0.1) is 0 Å². The quantitative estimate of drug-likeness (QED) is 0.820. The minimum atomic E-state index is -0.516. The molecule has 0 bridgehead atoms. The highest BCUT2D eigenvalue weighted by Crippen LogP contribution is 2.21. The maximum absolute atomic E-state index is 5.66. The molecule has 1 heterocycles. The van der Waals surface area contributed by atoms with Gasteiger partial charge >= 0.3 is 0 Å². The summed E-state index contributed by atoms with van der Waals surface area (Å²) in [7, 11) is 0. The van der Waals surface area contributed by atoms with Crippen LogP contribution in [0.25, 0.3) is 0 Å². The number of nitrogens with zero attached hydrogens (tertiary/aromatic N) is 2. The predicted molar refractivity (Wildman–Crippen MR) is 77.2 cm³/mol. The van der Waals surface area contributed by atoms with E-state index in [9.17, 15) is 0 Å². The minimum absolute atomic E-state index is 0.516. The molecule has 0 amide bonds. The van der Waals surface area contributed by atoms with Crippen LogP contribution in [0.3, 0.4) is 0 Å². The molecule has 0 unspecified atom stereocenters. The van der Waals surface area contributed by atoms with Gasteiger partial charge in [0.2, 0.25) is 11.7 Å². The van der Waals surface area contributed by atoms with E-state index in [0.29, 0.717) is 24.7 Å². The molecule has 0 spiro atoms. The first kappa shape index (κ1) is 14.5. The lowest BCUT2D eigenvalue weighted by Crippen LogP contribution is -2.23. The van der Waals surface area contributed by atoms with E-state index in [0.717, 1.165) is 12.1 Å². The Kier molecular flexibility index (Phi) is 4.39. The van der Waals surface area contributed by atoms with Crippen LogP contribution in [-0.2, 0) is 23.2 Å². The van der Waals surface area contributed by atoms with Gasteiger partial charge < -0.3 is 15.0 Å². The third-order valence-electron chi connectivity index (χ3n) is 3.12. The van der Waals surface area contributed by atoms with Crippen LogP contribution in [0.1, 0.15) is 38.0 Å². The standard InChI is InChI=1S/C15H21N3O2/c1-4-19-15(2,3)14-17-13(20-18-14)10-7-11-5-8-12(16)9-6-11/h5-6,8-9H,4,7,10,16H2,1-3H3. The summed E-state index contributed by atoms with van der Waals surface area (Å²) < 4.78 is 10.9. The molecule has 0 fully saturated rings. The first-order valence-corrected chi connectivity index (χ1v) is 6.82. The Labute approximate surface area is 119 Å². The zero-order valence-electron chi connectivity index (χ0n) is 12.2. The van der Waals surface area contributed by atoms with Gasteiger partial charge in [0, 0.05) is 18.7 Å². The summed E-state index contributed by atoms with van der Waals surface area (Å²) in [6.07, 6.45) is 1.55. The van der Waals surface area contributed by atoms with E-state index >= 15 is 0 Å². The van der Waals surface area contributed by atoms with Gasteiger partial charge in [0.15, 0.2) is 0 Å². The molecule has 0 aliphatic heterocycles. The summed E-state index contributed by atoms with van der Waals surface area (Å²) in [5.41, 5.74) is 7.11. The van der Waals surface area contributed by atoms with Crippen molar-refractivity contribution >= 4 is 5.69 Å². The average molecular weight is 275 g/mol. The second-order valence-corrected chi connectivity index (χ2v) is 5.20. The Morgan fingerprint density at radius 2 is 1.90 bits per heavy atom. The second-order valence-electron chi connectivity index (χ2n) is 5.20. The molecule has 5 nitrogen and oxygen atoms in total. The van der Waals surface area contributed by atoms with E-state index in [2.05, 4.69) is 10.1 Å². The Morgan fingerprint density at radius 3 is 2.55 bits per heavy atom. The van der Waals surface area contributed by atoms with Crippen LogP contribution in [0.2, 0.25) is 0 Å². The maximum Gasteiger partial charge on any atom is 0.227 e. The number of nitrogen functional groups attached to an aromatic ring is 1. The number of benzene rings is 1. The Hall–Kier alpha value is -1.88. The molecule has 2 N–H and O–H groups in total. The van der Waals surface area contributed by atoms with Crippen LogP contribution in [0, 0.1) is 0 Å². The van der Waals surface area contributed by atoms with E-state index in [4.69, 9.17) is 15.0 Å². The van der Waals surface area contributed by atoms with Crippen molar-refractivity contribution in [1.29, 1.82) is 0 Å². The third-order valence-corrected chi connectivity index (χ3v) is 3.12. The summed E-state index contributed by atoms with van der Waals surface area (Å²) in [4.78, 5) is 4.41. The number of hydrogen-bond donors (Lipinski definition) is 1. The van der Waals surface area contributed by atoms with E-state index in [-0.39, 0.29) is 0 Å².